The van der Waals surface area contributed by atoms with Gasteiger partial charge >= 0.3 is 0 Å². The third kappa shape index (κ3) is 3.55. The summed E-state index contributed by atoms with van der Waals surface area (Å²) in [7, 11) is 2.17. The maximum Gasteiger partial charge on any atom is 0.261 e. The van der Waals surface area contributed by atoms with Gasteiger partial charge in [-0.1, -0.05) is 0 Å². The number of likely N-dealkylation sites (N-methyl/N-ethyl adjacent to an activating group) is 1. The first-order valence-electron chi connectivity index (χ1n) is 7.01. The van der Waals surface area contributed by atoms with Crippen LogP contribution in [0.5, 0.6) is 0 Å². The summed E-state index contributed by atoms with van der Waals surface area (Å²) in [6.45, 7) is 5.51. The van der Waals surface area contributed by atoms with Crippen LogP contribution in [-0.2, 0) is 6.54 Å². The van der Waals surface area contributed by atoms with Crippen LogP contribution in [0.1, 0.15) is 27.4 Å². The van der Waals surface area contributed by atoms with E-state index in [4.69, 9.17) is 0 Å². The second-order valence-corrected chi connectivity index (χ2v) is 6.76. The molecule has 0 bridgehead atoms. The number of carbonyl (C=O) groups is 1. The fourth-order valence-electron chi connectivity index (χ4n) is 2.30. The van der Waals surface area contributed by atoms with E-state index < -0.39 is 0 Å². The Morgan fingerprint density at radius 1 is 1.32 bits per heavy atom. The highest BCUT2D eigenvalue weighted by molar-refractivity contribution is 7.14. The van der Waals surface area contributed by atoms with Crippen molar-refractivity contribution in [2.75, 3.05) is 33.2 Å². The molecule has 0 spiro atoms. The lowest BCUT2D eigenvalue weighted by Crippen LogP contribution is -2.43. The van der Waals surface area contributed by atoms with E-state index in [1.807, 2.05) is 6.07 Å². The summed E-state index contributed by atoms with van der Waals surface area (Å²) in [6.07, 6.45) is 2.29. The molecule has 0 unspecified atom stereocenters. The van der Waals surface area contributed by atoms with Crippen molar-refractivity contribution >= 4 is 17.2 Å². The zero-order valence-electron chi connectivity index (χ0n) is 11.4. The Balaban J connectivity index is 1.53. The van der Waals surface area contributed by atoms with E-state index in [9.17, 15) is 4.79 Å². The molecule has 3 rings (SSSR count). The topological polar surface area (TPSA) is 35.6 Å². The first-order chi connectivity index (χ1) is 9.20. The van der Waals surface area contributed by atoms with E-state index >= 15 is 0 Å². The number of rotatable bonds is 4. The van der Waals surface area contributed by atoms with Crippen molar-refractivity contribution in [2.24, 2.45) is 0 Å². The van der Waals surface area contributed by atoms with Crippen molar-refractivity contribution in [1.82, 2.24) is 15.1 Å². The van der Waals surface area contributed by atoms with Crippen molar-refractivity contribution in [3.8, 4) is 0 Å². The number of amides is 1. The fourth-order valence-corrected chi connectivity index (χ4v) is 3.25. The van der Waals surface area contributed by atoms with Gasteiger partial charge in [0.15, 0.2) is 0 Å². The van der Waals surface area contributed by atoms with Gasteiger partial charge in [0.25, 0.3) is 5.91 Å². The number of hydrogen-bond acceptors (Lipinski definition) is 4. The highest BCUT2D eigenvalue weighted by Crippen LogP contribution is 2.22. The molecule has 1 aliphatic heterocycles. The smallest absolute Gasteiger partial charge is 0.261 e. The zero-order valence-corrected chi connectivity index (χ0v) is 12.2. The normalized spacial score (nSPS) is 21.5. The third-order valence-corrected chi connectivity index (χ3v) is 4.84. The molecule has 4 nitrogen and oxygen atoms in total. The molecule has 2 heterocycles. The Morgan fingerprint density at radius 2 is 2.05 bits per heavy atom. The van der Waals surface area contributed by atoms with Crippen molar-refractivity contribution in [3.05, 3.63) is 21.9 Å². The second-order valence-electron chi connectivity index (χ2n) is 5.59. The molecule has 1 amide bonds. The van der Waals surface area contributed by atoms with Gasteiger partial charge in [0.1, 0.15) is 0 Å². The summed E-state index contributed by atoms with van der Waals surface area (Å²) in [4.78, 5) is 18.9. The van der Waals surface area contributed by atoms with E-state index in [1.54, 1.807) is 11.3 Å². The largest absolute Gasteiger partial charge is 0.349 e. The van der Waals surface area contributed by atoms with Crippen molar-refractivity contribution in [1.29, 1.82) is 0 Å². The monoisotopic (exact) mass is 279 g/mol. The van der Waals surface area contributed by atoms with Crippen LogP contribution in [0.15, 0.2) is 12.1 Å². The van der Waals surface area contributed by atoms with Gasteiger partial charge in [0.2, 0.25) is 0 Å². The molecule has 1 saturated carbocycles. The van der Waals surface area contributed by atoms with Gasteiger partial charge in [-0.15, -0.1) is 11.3 Å². The zero-order chi connectivity index (χ0) is 13.2. The lowest BCUT2D eigenvalue weighted by Gasteiger charge is -2.31. The van der Waals surface area contributed by atoms with Crippen LogP contribution in [0.2, 0.25) is 0 Å². The Morgan fingerprint density at radius 3 is 2.74 bits per heavy atom. The van der Waals surface area contributed by atoms with Crippen LogP contribution in [0.3, 0.4) is 0 Å². The standard InChI is InChI=1S/C14H21N3OS/c1-16-6-8-17(9-7-16)10-12-4-5-13(19-12)14(18)15-11-2-3-11/h4-5,11H,2-3,6-10H2,1H3,(H,15,18). The molecule has 19 heavy (non-hydrogen) atoms. The Kier molecular flexibility index (Phi) is 3.86. The minimum absolute atomic E-state index is 0.108. The van der Waals surface area contributed by atoms with Crippen LogP contribution < -0.4 is 5.32 Å². The molecule has 1 saturated heterocycles. The van der Waals surface area contributed by atoms with Gasteiger partial charge < -0.3 is 10.2 Å². The minimum Gasteiger partial charge on any atom is -0.349 e. The molecule has 0 radical (unpaired) electrons. The van der Waals surface area contributed by atoms with Crippen LogP contribution in [-0.4, -0.2) is 55.0 Å². The van der Waals surface area contributed by atoms with E-state index in [1.165, 1.54) is 4.88 Å². The van der Waals surface area contributed by atoms with Gasteiger partial charge in [-0.2, -0.15) is 0 Å². The highest BCUT2D eigenvalue weighted by atomic mass is 32.1. The number of hydrogen-bond donors (Lipinski definition) is 1. The number of piperazine rings is 1. The van der Waals surface area contributed by atoms with Gasteiger partial charge in [0, 0.05) is 43.6 Å². The summed E-state index contributed by atoms with van der Waals surface area (Å²) in [5.41, 5.74) is 0. The van der Waals surface area contributed by atoms with E-state index in [0.29, 0.717) is 6.04 Å². The van der Waals surface area contributed by atoms with Crippen LogP contribution in [0.25, 0.3) is 0 Å². The predicted octanol–water partition coefficient (Wildman–Crippen LogP) is 1.39. The molecule has 1 aromatic rings. The number of nitrogens with one attached hydrogen (secondary N) is 1. The quantitative estimate of drug-likeness (QED) is 0.904. The first kappa shape index (κ1) is 13.1. The molecule has 1 aliphatic carbocycles. The maximum atomic E-state index is 11.9. The van der Waals surface area contributed by atoms with E-state index in [0.717, 1.165) is 50.4 Å². The molecular weight excluding hydrogens is 258 g/mol. The molecule has 0 atom stereocenters. The van der Waals surface area contributed by atoms with Crippen LogP contribution >= 0.6 is 11.3 Å². The van der Waals surface area contributed by atoms with Crippen molar-refractivity contribution in [2.45, 2.75) is 25.4 Å². The third-order valence-electron chi connectivity index (χ3n) is 3.77. The van der Waals surface area contributed by atoms with E-state index in [2.05, 4.69) is 28.2 Å². The average Bonchev–Trinajstić information content (AvgIpc) is 3.08. The van der Waals surface area contributed by atoms with E-state index in [-0.39, 0.29) is 5.91 Å². The molecule has 104 valence electrons. The average molecular weight is 279 g/mol. The van der Waals surface area contributed by atoms with Crippen molar-refractivity contribution in [3.63, 3.8) is 0 Å². The molecular formula is C14H21N3OS. The Labute approximate surface area is 118 Å². The number of nitrogens with zero attached hydrogens (tertiary/aromatic N) is 2. The summed E-state index contributed by atoms with van der Waals surface area (Å²) < 4.78 is 0. The predicted molar refractivity (Wildman–Crippen MR) is 77.6 cm³/mol. The van der Waals surface area contributed by atoms with Gasteiger partial charge in [0.05, 0.1) is 4.88 Å². The number of carbonyl (C=O) groups excluding carboxylic acids is 1. The van der Waals surface area contributed by atoms with Gasteiger partial charge in [-0.05, 0) is 32.0 Å². The summed E-state index contributed by atoms with van der Waals surface area (Å²) in [5, 5.41) is 3.04. The molecule has 5 heteroatoms. The van der Waals surface area contributed by atoms with Crippen molar-refractivity contribution < 1.29 is 4.79 Å². The lowest BCUT2D eigenvalue weighted by molar-refractivity contribution is 0.0955. The molecule has 2 aliphatic rings. The number of thiophene rings is 1. The highest BCUT2D eigenvalue weighted by Gasteiger charge is 2.24. The van der Waals surface area contributed by atoms with Crippen LogP contribution in [0, 0.1) is 0 Å². The molecule has 1 N–H and O–H groups in total. The summed E-state index contributed by atoms with van der Waals surface area (Å²) >= 11 is 1.64. The Hall–Kier alpha value is -0.910. The molecule has 2 fully saturated rings. The minimum atomic E-state index is 0.108. The Bertz CT molecular complexity index is 447. The van der Waals surface area contributed by atoms with Crippen LogP contribution in [0.4, 0.5) is 0 Å². The lowest BCUT2D eigenvalue weighted by atomic mass is 10.3. The first-order valence-corrected chi connectivity index (χ1v) is 7.83. The van der Waals surface area contributed by atoms with Gasteiger partial charge in [-0.3, -0.25) is 9.69 Å². The summed E-state index contributed by atoms with van der Waals surface area (Å²) in [6, 6.07) is 4.51. The SMILES string of the molecule is CN1CCN(Cc2ccc(C(=O)NC3CC3)s2)CC1. The fraction of sp³-hybridized carbons (Fsp3) is 0.643. The molecule has 0 aromatic carbocycles. The maximum absolute atomic E-state index is 11.9. The molecule has 1 aromatic heterocycles. The van der Waals surface area contributed by atoms with Gasteiger partial charge in [-0.25, -0.2) is 0 Å². The second kappa shape index (κ2) is 5.61. The summed E-state index contributed by atoms with van der Waals surface area (Å²) in [5.74, 6) is 0.108.